The molecule has 0 spiro atoms. The van der Waals surface area contributed by atoms with E-state index in [1.165, 1.54) is 11.3 Å². The lowest BCUT2D eigenvalue weighted by molar-refractivity contribution is -0.131. The minimum atomic E-state index is -0.109. The molecule has 1 aromatic rings. The van der Waals surface area contributed by atoms with Crippen LogP contribution < -0.4 is 5.73 Å². The van der Waals surface area contributed by atoms with E-state index in [0.717, 1.165) is 28.7 Å². The molecule has 5 heteroatoms. The van der Waals surface area contributed by atoms with Crippen molar-refractivity contribution in [2.75, 3.05) is 19.6 Å². The SMILES string of the molecule is CC(C(=O)N1CCC(C)(CN)C1)c1ccc(Cl)s1. The summed E-state index contributed by atoms with van der Waals surface area (Å²) in [6.07, 6.45) is 0.993. The third-order valence-electron chi connectivity index (χ3n) is 3.75. The highest BCUT2D eigenvalue weighted by Gasteiger charge is 2.36. The van der Waals surface area contributed by atoms with Crippen LogP contribution in [-0.2, 0) is 4.79 Å². The fraction of sp³-hybridized carbons (Fsp3) is 0.615. The van der Waals surface area contributed by atoms with E-state index in [1.807, 2.05) is 24.0 Å². The Bertz CT molecular complexity index is 448. The fourth-order valence-corrected chi connectivity index (χ4v) is 3.44. The second-order valence-corrected chi connectivity index (χ2v) is 7.13. The molecule has 0 bridgehead atoms. The summed E-state index contributed by atoms with van der Waals surface area (Å²) >= 11 is 7.40. The molecule has 0 aromatic carbocycles. The number of carbonyl (C=O) groups is 1. The summed E-state index contributed by atoms with van der Waals surface area (Å²) in [6.45, 7) is 6.31. The number of amides is 1. The molecule has 1 amide bonds. The van der Waals surface area contributed by atoms with Crippen molar-refractivity contribution in [1.82, 2.24) is 4.90 Å². The summed E-state index contributed by atoms with van der Waals surface area (Å²) in [5, 5.41) is 0. The topological polar surface area (TPSA) is 46.3 Å². The van der Waals surface area contributed by atoms with E-state index in [1.54, 1.807) is 0 Å². The molecular formula is C13H19ClN2OS. The van der Waals surface area contributed by atoms with Crippen molar-refractivity contribution in [3.8, 4) is 0 Å². The molecular weight excluding hydrogens is 268 g/mol. The van der Waals surface area contributed by atoms with Crippen molar-refractivity contribution >= 4 is 28.8 Å². The standard InChI is InChI=1S/C13H19ClN2OS/c1-9(10-3-4-11(14)18-10)12(17)16-6-5-13(2,7-15)8-16/h3-4,9H,5-8,15H2,1-2H3. The molecule has 1 fully saturated rings. The number of hydrogen-bond donors (Lipinski definition) is 1. The van der Waals surface area contributed by atoms with Crippen molar-refractivity contribution in [2.45, 2.75) is 26.2 Å². The van der Waals surface area contributed by atoms with Gasteiger partial charge in [0, 0.05) is 18.0 Å². The maximum absolute atomic E-state index is 12.4. The summed E-state index contributed by atoms with van der Waals surface area (Å²) in [7, 11) is 0. The average molecular weight is 287 g/mol. The summed E-state index contributed by atoms with van der Waals surface area (Å²) < 4.78 is 0.734. The molecule has 2 N–H and O–H groups in total. The molecule has 2 atom stereocenters. The van der Waals surface area contributed by atoms with Crippen LogP contribution in [0.1, 0.15) is 31.1 Å². The van der Waals surface area contributed by atoms with E-state index >= 15 is 0 Å². The van der Waals surface area contributed by atoms with E-state index in [4.69, 9.17) is 17.3 Å². The predicted octanol–water partition coefficient (Wildman–Crippen LogP) is 2.70. The van der Waals surface area contributed by atoms with Crippen LogP contribution in [0.15, 0.2) is 12.1 Å². The molecule has 0 radical (unpaired) electrons. The second-order valence-electron chi connectivity index (χ2n) is 5.39. The predicted molar refractivity (Wildman–Crippen MR) is 76.1 cm³/mol. The van der Waals surface area contributed by atoms with Crippen LogP contribution in [0.3, 0.4) is 0 Å². The van der Waals surface area contributed by atoms with Crippen LogP contribution in [0.5, 0.6) is 0 Å². The zero-order chi connectivity index (χ0) is 13.3. The summed E-state index contributed by atoms with van der Waals surface area (Å²) in [5.74, 6) is 0.0771. The first-order valence-electron chi connectivity index (χ1n) is 6.19. The zero-order valence-electron chi connectivity index (χ0n) is 10.8. The van der Waals surface area contributed by atoms with Gasteiger partial charge < -0.3 is 10.6 Å². The Morgan fingerprint density at radius 2 is 2.39 bits per heavy atom. The minimum Gasteiger partial charge on any atom is -0.342 e. The molecule has 1 saturated heterocycles. The van der Waals surface area contributed by atoms with Gasteiger partial charge in [0.1, 0.15) is 0 Å². The van der Waals surface area contributed by atoms with Crippen molar-refractivity contribution in [3.63, 3.8) is 0 Å². The lowest BCUT2D eigenvalue weighted by Gasteiger charge is -2.24. The minimum absolute atomic E-state index is 0.0858. The molecule has 1 aromatic heterocycles. The van der Waals surface area contributed by atoms with Crippen molar-refractivity contribution in [2.24, 2.45) is 11.1 Å². The quantitative estimate of drug-likeness (QED) is 0.929. The van der Waals surface area contributed by atoms with Gasteiger partial charge >= 0.3 is 0 Å². The van der Waals surface area contributed by atoms with E-state index in [2.05, 4.69) is 6.92 Å². The highest BCUT2D eigenvalue weighted by atomic mass is 35.5. The van der Waals surface area contributed by atoms with Crippen LogP contribution in [-0.4, -0.2) is 30.4 Å². The number of nitrogens with two attached hydrogens (primary N) is 1. The van der Waals surface area contributed by atoms with Crippen LogP contribution >= 0.6 is 22.9 Å². The fourth-order valence-electron chi connectivity index (χ4n) is 2.34. The summed E-state index contributed by atoms with van der Waals surface area (Å²) in [4.78, 5) is 15.4. The number of likely N-dealkylation sites (tertiary alicyclic amines) is 1. The van der Waals surface area contributed by atoms with Crippen molar-refractivity contribution in [1.29, 1.82) is 0 Å². The van der Waals surface area contributed by atoms with Crippen LogP contribution in [0.4, 0.5) is 0 Å². The number of halogens is 1. The normalized spacial score (nSPS) is 25.4. The smallest absolute Gasteiger partial charge is 0.230 e. The van der Waals surface area contributed by atoms with Gasteiger partial charge in [-0.2, -0.15) is 0 Å². The largest absolute Gasteiger partial charge is 0.342 e. The van der Waals surface area contributed by atoms with Crippen LogP contribution in [0.25, 0.3) is 0 Å². The Labute approximate surface area is 117 Å². The number of nitrogens with zero attached hydrogens (tertiary/aromatic N) is 1. The summed E-state index contributed by atoms with van der Waals surface area (Å²) in [5.41, 5.74) is 5.85. The van der Waals surface area contributed by atoms with Crippen molar-refractivity contribution in [3.05, 3.63) is 21.3 Å². The van der Waals surface area contributed by atoms with Gasteiger partial charge in [0.05, 0.1) is 10.3 Å². The number of carbonyl (C=O) groups excluding carboxylic acids is 1. The van der Waals surface area contributed by atoms with E-state index in [-0.39, 0.29) is 17.2 Å². The van der Waals surface area contributed by atoms with Crippen LogP contribution in [0.2, 0.25) is 4.34 Å². The molecule has 0 aliphatic carbocycles. The Kier molecular flexibility index (Phi) is 3.99. The first kappa shape index (κ1) is 13.8. The Balaban J connectivity index is 2.04. The van der Waals surface area contributed by atoms with Gasteiger partial charge in [0.25, 0.3) is 0 Å². The molecule has 2 heterocycles. The number of hydrogen-bond acceptors (Lipinski definition) is 3. The lowest BCUT2D eigenvalue weighted by atomic mass is 9.90. The monoisotopic (exact) mass is 286 g/mol. The molecule has 1 aliphatic heterocycles. The Morgan fingerprint density at radius 1 is 1.67 bits per heavy atom. The van der Waals surface area contributed by atoms with E-state index < -0.39 is 0 Å². The van der Waals surface area contributed by atoms with Gasteiger partial charge in [-0.3, -0.25) is 4.79 Å². The van der Waals surface area contributed by atoms with Gasteiger partial charge in [-0.25, -0.2) is 0 Å². The van der Waals surface area contributed by atoms with E-state index in [9.17, 15) is 4.79 Å². The zero-order valence-corrected chi connectivity index (χ0v) is 12.4. The van der Waals surface area contributed by atoms with Gasteiger partial charge in [0.15, 0.2) is 0 Å². The molecule has 2 unspecified atom stereocenters. The Morgan fingerprint density at radius 3 is 2.89 bits per heavy atom. The van der Waals surface area contributed by atoms with E-state index in [0.29, 0.717) is 6.54 Å². The highest BCUT2D eigenvalue weighted by Crippen LogP contribution is 2.33. The van der Waals surface area contributed by atoms with Gasteiger partial charge in [-0.15, -0.1) is 11.3 Å². The van der Waals surface area contributed by atoms with Crippen molar-refractivity contribution < 1.29 is 4.79 Å². The third kappa shape index (κ3) is 2.71. The molecule has 3 nitrogen and oxygen atoms in total. The second kappa shape index (κ2) is 5.19. The van der Waals surface area contributed by atoms with Gasteiger partial charge in [-0.1, -0.05) is 18.5 Å². The molecule has 0 saturated carbocycles. The number of thiophene rings is 1. The molecule has 2 rings (SSSR count). The highest BCUT2D eigenvalue weighted by molar-refractivity contribution is 7.16. The van der Waals surface area contributed by atoms with Gasteiger partial charge in [0.2, 0.25) is 5.91 Å². The lowest BCUT2D eigenvalue weighted by Crippen LogP contribution is -2.36. The maximum atomic E-state index is 12.4. The molecule has 1 aliphatic rings. The first-order chi connectivity index (χ1) is 8.45. The first-order valence-corrected chi connectivity index (χ1v) is 7.39. The average Bonchev–Trinajstić information content (AvgIpc) is 2.95. The molecule has 18 heavy (non-hydrogen) atoms. The van der Waals surface area contributed by atoms with Crippen LogP contribution in [0, 0.1) is 5.41 Å². The summed E-state index contributed by atoms with van der Waals surface area (Å²) in [6, 6.07) is 3.78. The maximum Gasteiger partial charge on any atom is 0.230 e. The third-order valence-corrected chi connectivity index (χ3v) is 5.17. The molecule has 100 valence electrons. The van der Waals surface area contributed by atoms with Gasteiger partial charge in [-0.05, 0) is 37.4 Å². The number of rotatable bonds is 3. The Hall–Kier alpha value is -0.580.